The second kappa shape index (κ2) is 4.70. The van der Waals surface area contributed by atoms with Crippen LogP contribution in [0.1, 0.15) is 13.3 Å². The number of nitrogen functional groups attached to an aromatic ring is 1. The Morgan fingerprint density at radius 1 is 1.53 bits per heavy atom. The molecule has 0 amide bonds. The predicted octanol–water partition coefficient (Wildman–Crippen LogP) is 1.39. The Morgan fingerprint density at radius 3 is 3.07 bits per heavy atom. The van der Waals surface area contributed by atoms with Crippen LogP contribution in [-0.2, 0) is 0 Å². The summed E-state index contributed by atoms with van der Waals surface area (Å²) in [5.41, 5.74) is 5.51. The molecule has 1 aliphatic rings. The van der Waals surface area contributed by atoms with Crippen LogP contribution >= 0.6 is 11.8 Å². The van der Waals surface area contributed by atoms with Crippen LogP contribution in [-0.4, -0.2) is 34.3 Å². The summed E-state index contributed by atoms with van der Waals surface area (Å²) >= 11 is 2.05. The molecular weight excluding hydrogens is 208 g/mol. The molecule has 1 unspecified atom stereocenters. The predicted molar refractivity (Wildman–Crippen MR) is 65.2 cm³/mol. The van der Waals surface area contributed by atoms with E-state index in [0.717, 1.165) is 24.2 Å². The third-order valence-corrected chi connectivity index (χ3v) is 3.96. The zero-order chi connectivity index (χ0) is 10.7. The van der Waals surface area contributed by atoms with Crippen molar-refractivity contribution < 1.29 is 0 Å². The Balaban J connectivity index is 2.06. The first kappa shape index (κ1) is 10.5. The largest absolute Gasteiger partial charge is 0.382 e. The Bertz CT molecular complexity index is 314. The van der Waals surface area contributed by atoms with Gasteiger partial charge in [-0.05, 0) is 18.6 Å². The van der Waals surface area contributed by atoms with Crippen molar-refractivity contribution in [1.82, 2.24) is 10.2 Å². The fraction of sp³-hybridized carbons (Fsp3) is 0.600. The maximum atomic E-state index is 5.51. The van der Waals surface area contributed by atoms with E-state index in [1.165, 1.54) is 12.2 Å². The second-order valence-electron chi connectivity index (χ2n) is 3.66. The van der Waals surface area contributed by atoms with Crippen molar-refractivity contribution in [2.24, 2.45) is 0 Å². The van der Waals surface area contributed by atoms with E-state index in [1.807, 2.05) is 12.1 Å². The summed E-state index contributed by atoms with van der Waals surface area (Å²) in [6.45, 7) is 4.36. The van der Waals surface area contributed by atoms with Crippen molar-refractivity contribution in [3.8, 4) is 0 Å². The molecule has 82 valence electrons. The molecule has 0 saturated carbocycles. The minimum atomic E-state index is 0.483. The lowest BCUT2D eigenvalue weighted by Crippen LogP contribution is -2.38. The van der Waals surface area contributed by atoms with Gasteiger partial charge in [-0.25, -0.2) is 0 Å². The standard InChI is InChI=1S/C10H16N4S/c1-2-8-7-14(5-6-15-8)10-4-3-9(11)12-13-10/h3-4,8H,2,5-7H2,1H3,(H2,11,12). The van der Waals surface area contributed by atoms with Crippen LogP contribution in [0.25, 0.3) is 0 Å². The molecule has 1 fully saturated rings. The molecule has 1 atom stereocenters. The molecule has 2 N–H and O–H groups in total. The van der Waals surface area contributed by atoms with Gasteiger partial charge < -0.3 is 10.6 Å². The highest BCUT2D eigenvalue weighted by atomic mass is 32.2. The average molecular weight is 224 g/mol. The van der Waals surface area contributed by atoms with E-state index in [1.54, 1.807) is 0 Å². The van der Waals surface area contributed by atoms with E-state index in [0.29, 0.717) is 5.82 Å². The van der Waals surface area contributed by atoms with Gasteiger partial charge in [-0.1, -0.05) is 6.92 Å². The van der Waals surface area contributed by atoms with Crippen molar-refractivity contribution in [2.45, 2.75) is 18.6 Å². The molecule has 0 aliphatic carbocycles. The average Bonchev–Trinajstić information content (AvgIpc) is 2.30. The molecule has 15 heavy (non-hydrogen) atoms. The summed E-state index contributed by atoms with van der Waals surface area (Å²) < 4.78 is 0. The molecule has 1 saturated heterocycles. The first-order chi connectivity index (χ1) is 7.29. The van der Waals surface area contributed by atoms with Crippen LogP contribution in [0.2, 0.25) is 0 Å². The summed E-state index contributed by atoms with van der Waals surface area (Å²) in [5.74, 6) is 2.60. The molecule has 0 bridgehead atoms. The third kappa shape index (κ3) is 2.53. The highest BCUT2D eigenvalue weighted by molar-refractivity contribution is 8.00. The topological polar surface area (TPSA) is 55.0 Å². The van der Waals surface area contributed by atoms with Crippen LogP contribution in [0, 0.1) is 0 Å². The Kier molecular flexibility index (Phi) is 3.30. The Morgan fingerprint density at radius 2 is 2.40 bits per heavy atom. The monoisotopic (exact) mass is 224 g/mol. The zero-order valence-corrected chi connectivity index (χ0v) is 9.70. The van der Waals surface area contributed by atoms with Gasteiger partial charge in [0.2, 0.25) is 0 Å². The smallest absolute Gasteiger partial charge is 0.151 e. The van der Waals surface area contributed by atoms with Gasteiger partial charge in [0.15, 0.2) is 5.82 Å². The van der Waals surface area contributed by atoms with Gasteiger partial charge >= 0.3 is 0 Å². The van der Waals surface area contributed by atoms with Crippen molar-refractivity contribution in [3.63, 3.8) is 0 Å². The summed E-state index contributed by atoms with van der Waals surface area (Å²) in [4.78, 5) is 2.29. The van der Waals surface area contributed by atoms with Gasteiger partial charge in [0.25, 0.3) is 0 Å². The highest BCUT2D eigenvalue weighted by Gasteiger charge is 2.19. The number of hydrogen-bond acceptors (Lipinski definition) is 5. The maximum Gasteiger partial charge on any atom is 0.151 e. The maximum absolute atomic E-state index is 5.51. The number of aromatic nitrogens is 2. The lowest BCUT2D eigenvalue weighted by atomic mass is 10.3. The number of anilines is 2. The van der Waals surface area contributed by atoms with Gasteiger partial charge in [-0.3, -0.25) is 0 Å². The molecule has 5 heteroatoms. The fourth-order valence-electron chi connectivity index (χ4n) is 1.68. The van der Waals surface area contributed by atoms with E-state index in [4.69, 9.17) is 5.73 Å². The van der Waals surface area contributed by atoms with Crippen LogP contribution in [0.15, 0.2) is 12.1 Å². The van der Waals surface area contributed by atoms with Crippen molar-refractivity contribution in [2.75, 3.05) is 29.5 Å². The number of nitrogens with two attached hydrogens (primary N) is 1. The van der Waals surface area contributed by atoms with Crippen LogP contribution in [0.4, 0.5) is 11.6 Å². The molecule has 1 aliphatic heterocycles. The zero-order valence-electron chi connectivity index (χ0n) is 8.89. The van der Waals surface area contributed by atoms with E-state index >= 15 is 0 Å². The molecule has 1 aromatic heterocycles. The molecule has 4 nitrogen and oxygen atoms in total. The highest BCUT2D eigenvalue weighted by Crippen LogP contribution is 2.24. The Hall–Kier alpha value is -0.970. The van der Waals surface area contributed by atoms with Gasteiger partial charge in [0.05, 0.1) is 0 Å². The quantitative estimate of drug-likeness (QED) is 0.822. The van der Waals surface area contributed by atoms with Crippen LogP contribution in [0.3, 0.4) is 0 Å². The summed E-state index contributed by atoms with van der Waals surface area (Å²) in [5, 5.41) is 8.72. The minimum absolute atomic E-state index is 0.483. The summed E-state index contributed by atoms with van der Waals surface area (Å²) in [6, 6.07) is 3.76. The molecule has 0 spiro atoms. The van der Waals surface area contributed by atoms with E-state index in [-0.39, 0.29) is 0 Å². The van der Waals surface area contributed by atoms with Crippen molar-refractivity contribution in [1.29, 1.82) is 0 Å². The molecular formula is C10H16N4S. The van der Waals surface area contributed by atoms with E-state index in [9.17, 15) is 0 Å². The summed E-state index contributed by atoms with van der Waals surface area (Å²) in [7, 11) is 0. The van der Waals surface area contributed by atoms with E-state index < -0.39 is 0 Å². The van der Waals surface area contributed by atoms with E-state index in [2.05, 4.69) is 33.8 Å². The van der Waals surface area contributed by atoms with Crippen molar-refractivity contribution in [3.05, 3.63) is 12.1 Å². The minimum Gasteiger partial charge on any atom is -0.382 e. The SMILES string of the molecule is CCC1CN(c2ccc(N)nn2)CCS1. The molecule has 0 radical (unpaired) electrons. The Labute approximate surface area is 94.2 Å². The third-order valence-electron chi connectivity index (χ3n) is 2.59. The molecule has 0 aromatic carbocycles. The summed E-state index contributed by atoms with van der Waals surface area (Å²) in [6.07, 6.45) is 1.21. The van der Waals surface area contributed by atoms with Crippen LogP contribution in [0.5, 0.6) is 0 Å². The normalized spacial score (nSPS) is 21.7. The molecule has 1 aromatic rings. The van der Waals surface area contributed by atoms with Gasteiger partial charge in [0, 0.05) is 24.1 Å². The number of thioether (sulfide) groups is 1. The first-order valence-corrected chi connectivity index (χ1v) is 6.30. The van der Waals surface area contributed by atoms with Gasteiger partial charge in [-0.15, -0.1) is 10.2 Å². The van der Waals surface area contributed by atoms with Gasteiger partial charge in [0.1, 0.15) is 5.82 Å². The second-order valence-corrected chi connectivity index (χ2v) is 5.07. The molecule has 2 heterocycles. The van der Waals surface area contributed by atoms with Gasteiger partial charge in [-0.2, -0.15) is 11.8 Å². The number of hydrogen-bond donors (Lipinski definition) is 1. The number of nitrogens with zero attached hydrogens (tertiary/aromatic N) is 3. The lowest BCUT2D eigenvalue weighted by Gasteiger charge is -2.32. The first-order valence-electron chi connectivity index (χ1n) is 5.25. The fourth-order valence-corrected chi connectivity index (χ4v) is 2.86. The van der Waals surface area contributed by atoms with Crippen LogP contribution < -0.4 is 10.6 Å². The lowest BCUT2D eigenvalue weighted by molar-refractivity contribution is 0.714. The van der Waals surface area contributed by atoms with Crippen molar-refractivity contribution >= 4 is 23.4 Å². The number of rotatable bonds is 2. The molecule has 2 rings (SSSR count).